The monoisotopic (exact) mass is 323 g/mol. The number of hydrogen-bond donors (Lipinski definition) is 1. The molecule has 1 amide bonds. The van der Waals surface area contributed by atoms with E-state index in [0.717, 1.165) is 42.4 Å². The van der Waals surface area contributed by atoms with Gasteiger partial charge in [0.25, 0.3) is 0 Å². The summed E-state index contributed by atoms with van der Waals surface area (Å²) in [6.45, 7) is 3.37. The third-order valence-corrected chi connectivity index (χ3v) is 4.76. The molecule has 2 aromatic carbocycles. The third kappa shape index (κ3) is 3.24. The number of hydrogen-bond acceptors (Lipinski definition) is 3. The lowest BCUT2D eigenvalue weighted by atomic mass is 9.90. The molecule has 0 bridgehead atoms. The van der Waals surface area contributed by atoms with Gasteiger partial charge in [0.15, 0.2) is 0 Å². The molecule has 2 aromatic rings. The van der Waals surface area contributed by atoms with E-state index in [4.69, 9.17) is 0 Å². The average molecular weight is 323 g/mol. The number of aliphatic hydroxyl groups excluding tert-OH is 1. The molecule has 1 aliphatic rings. The molecule has 1 N–H and O–H groups in total. The van der Waals surface area contributed by atoms with Crippen LogP contribution >= 0.6 is 0 Å². The van der Waals surface area contributed by atoms with Crippen LogP contribution in [0.1, 0.15) is 51.1 Å². The summed E-state index contributed by atoms with van der Waals surface area (Å²) in [5.74, 6) is 0.181. The fraction of sp³-hybridized carbons (Fsp3) is 0.300. The highest BCUT2D eigenvalue weighted by Gasteiger charge is 2.25. The molecule has 0 aromatic heterocycles. The molecule has 1 fully saturated rings. The Balaban J connectivity index is 1.87. The normalized spacial score (nSPS) is 18.4. The number of nitrogens with zero attached hydrogens (tertiary/aromatic N) is 1. The van der Waals surface area contributed by atoms with Crippen molar-refractivity contribution in [3.05, 3.63) is 70.3 Å². The maximum absolute atomic E-state index is 11.5. The van der Waals surface area contributed by atoms with Gasteiger partial charge < -0.3 is 10.0 Å². The lowest BCUT2D eigenvalue weighted by Gasteiger charge is -2.17. The van der Waals surface area contributed by atoms with Crippen LogP contribution in [0.4, 0.5) is 0 Å². The highest BCUT2D eigenvalue weighted by molar-refractivity contribution is 5.78. The Hall–Kier alpha value is -2.46. The van der Waals surface area contributed by atoms with Crippen LogP contribution in [-0.4, -0.2) is 35.8 Å². The molecule has 24 heavy (non-hydrogen) atoms. The lowest BCUT2D eigenvalue weighted by Crippen LogP contribution is -2.18. The van der Waals surface area contributed by atoms with Gasteiger partial charge in [-0.25, -0.2) is 0 Å². The standard InChI is InChI=1S/C20H21NO3/c1-14-2-4-15(5-3-14)20(24)16-6-7-19(18(10-16)12-22)17-8-9-21(11-17)13-23/h2-7,10,12-13,17,20,24H,8-9,11H2,1H3. The fourth-order valence-corrected chi connectivity index (χ4v) is 3.32. The number of benzene rings is 2. The number of aliphatic hydroxyl groups is 1. The van der Waals surface area contributed by atoms with Crippen molar-refractivity contribution >= 4 is 12.7 Å². The largest absolute Gasteiger partial charge is 0.384 e. The Morgan fingerprint density at radius 3 is 2.46 bits per heavy atom. The van der Waals surface area contributed by atoms with Crippen LogP contribution < -0.4 is 0 Å². The SMILES string of the molecule is Cc1ccc(C(O)c2ccc(C3CCN(C=O)C3)c(C=O)c2)cc1. The van der Waals surface area contributed by atoms with Crippen molar-refractivity contribution in [1.82, 2.24) is 4.90 Å². The molecule has 0 spiro atoms. The van der Waals surface area contributed by atoms with E-state index in [-0.39, 0.29) is 5.92 Å². The highest BCUT2D eigenvalue weighted by Crippen LogP contribution is 2.31. The van der Waals surface area contributed by atoms with Crippen LogP contribution in [0.2, 0.25) is 0 Å². The van der Waals surface area contributed by atoms with E-state index in [9.17, 15) is 14.7 Å². The van der Waals surface area contributed by atoms with Crippen LogP contribution in [0, 0.1) is 6.92 Å². The Kier molecular flexibility index (Phi) is 4.76. The van der Waals surface area contributed by atoms with Gasteiger partial charge in [-0.3, -0.25) is 9.59 Å². The third-order valence-electron chi connectivity index (χ3n) is 4.76. The molecule has 0 aliphatic carbocycles. The van der Waals surface area contributed by atoms with Gasteiger partial charge in [0.2, 0.25) is 6.41 Å². The maximum atomic E-state index is 11.5. The smallest absolute Gasteiger partial charge is 0.209 e. The minimum Gasteiger partial charge on any atom is -0.384 e. The molecule has 124 valence electrons. The number of aryl methyl sites for hydroxylation is 1. The van der Waals surface area contributed by atoms with Crippen LogP contribution in [0.5, 0.6) is 0 Å². The Morgan fingerprint density at radius 1 is 1.12 bits per heavy atom. The van der Waals surface area contributed by atoms with Gasteiger partial charge in [-0.15, -0.1) is 0 Å². The second kappa shape index (κ2) is 6.97. The topological polar surface area (TPSA) is 57.6 Å². The second-order valence-corrected chi connectivity index (χ2v) is 6.41. The van der Waals surface area contributed by atoms with Gasteiger partial charge in [-0.05, 0) is 36.1 Å². The minimum atomic E-state index is -0.756. The molecular weight excluding hydrogens is 302 g/mol. The number of carbonyl (C=O) groups is 2. The fourth-order valence-electron chi connectivity index (χ4n) is 3.32. The predicted molar refractivity (Wildman–Crippen MR) is 92.1 cm³/mol. The predicted octanol–water partition coefficient (Wildman–Crippen LogP) is 2.83. The van der Waals surface area contributed by atoms with Crippen LogP contribution in [-0.2, 0) is 4.79 Å². The van der Waals surface area contributed by atoms with E-state index < -0.39 is 6.10 Å². The van der Waals surface area contributed by atoms with Gasteiger partial charge >= 0.3 is 0 Å². The van der Waals surface area contributed by atoms with Crippen molar-refractivity contribution in [2.75, 3.05) is 13.1 Å². The molecule has 2 atom stereocenters. The summed E-state index contributed by atoms with van der Waals surface area (Å²) in [6, 6.07) is 13.3. The highest BCUT2D eigenvalue weighted by atomic mass is 16.3. The first-order valence-electron chi connectivity index (χ1n) is 8.15. The first-order valence-corrected chi connectivity index (χ1v) is 8.15. The molecule has 4 heteroatoms. The van der Waals surface area contributed by atoms with E-state index in [0.29, 0.717) is 17.7 Å². The first-order chi connectivity index (χ1) is 11.6. The van der Waals surface area contributed by atoms with Crippen molar-refractivity contribution in [3.8, 4) is 0 Å². The molecule has 0 radical (unpaired) electrons. The number of amides is 1. The van der Waals surface area contributed by atoms with Gasteiger partial charge in [-0.2, -0.15) is 0 Å². The van der Waals surface area contributed by atoms with Crippen LogP contribution in [0.3, 0.4) is 0 Å². The van der Waals surface area contributed by atoms with E-state index in [1.807, 2.05) is 43.3 Å². The van der Waals surface area contributed by atoms with Crippen LogP contribution in [0.25, 0.3) is 0 Å². The zero-order valence-electron chi connectivity index (χ0n) is 13.7. The molecule has 1 saturated heterocycles. The van der Waals surface area contributed by atoms with Crippen molar-refractivity contribution < 1.29 is 14.7 Å². The summed E-state index contributed by atoms with van der Waals surface area (Å²) in [5, 5.41) is 10.6. The first kappa shape index (κ1) is 16.4. The number of rotatable bonds is 5. The summed E-state index contributed by atoms with van der Waals surface area (Å²) in [6.07, 6.45) is 1.80. The van der Waals surface area contributed by atoms with E-state index in [1.165, 1.54) is 0 Å². The Morgan fingerprint density at radius 2 is 1.83 bits per heavy atom. The minimum absolute atomic E-state index is 0.181. The molecule has 4 nitrogen and oxygen atoms in total. The second-order valence-electron chi connectivity index (χ2n) is 6.41. The van der Waals surface area contributed by atoms with Gasteiger partial charge in [-0.1, -0.05) is 42.0 Å². The van der Waals surface area contributed by atoms with E-state index in [1.54, 1.807) is 11.0 Å². The summed E-state index contributed by atoms with van der Waals surface area (Å²) >= 11 is 0. The molecule has 1 heterocycles. The van der Waals surface area contributed by atoms with Crippen molar-refractivity contribution in [2.24, 2.45) is 0 Å². The van der Waals surface area contributed by atoms with E-state index >= 15 is 0 Å². The summed E-state index contributed by atoms with van der Waals surface area (Å²) in [5.41, 5.74) is 4.19. The summed E-state index contributed by atoms with van der Waals surface area (Å²) in [7, 11) is 0. The van der Waals surface area contributed by atoms with Gasteiger partial charge in [0.1, 0.15) is 12.4 Å². The average Bonchev–Trinajstić information content (AvgIpc) is 3.10. The molecular formula is C20H21NO3. The number of carbonyl (C=O) groups excluding carboxylic acids is 2. The summed E-state index contributed by atoms with van der Waals surface area (Å²) in [4.78, 5) is 24.1. The maximum Gasteiger partial charge on any atom is 0.209 e. The molecule has 0 saturated carbocycles. The number of likely N-dealkylation sites (tertiary alicyclic amines) is 1. The Bertz CT molecular complexity index is 739. The van der Waals surface area contributed by atoms with Crippen molar-refractivity contribution in [1.29, 1.82) is 0 Å². The van der Waals surface area contributed by atoms with Gasteiger partial charge in [0.05, 0.1) is 0 Å². The zero-order chi connectivity index (χ0) is 17.1. The molecule has 3 rings (SSSR count). The Labute approximate surface area is 141 Å². The number of aldehydes is 1. The molecule has 1 aliphatic heterocycles. The zero-order valence-corrected chi connectivity index (χ0v) is 13.7. The quantitative estimate of drug-likeness (QED) is 0.861. The van der Waals surface area contributed by atoms with Gasteiger partial charge in [0, 0.05) is 24.6 Å². The van der Waals surface area contributed by atoms with E-state index in [2.05, 4.69) is 0 Å². The summed E-state index contributed by atoms with van der Waals surface area (Å²) < 4.78 is 0. The van der Waals surface area contributed by atoms with Crippen molar-refractivity contribution in [3.63, 3.8) is 0 Å². The lowest BCUT2D eigenvalue weighted by molar-refractivity contribution is -0.117. The molecule has 2 unspecified atom stereocenters. The van der Waals surface area contributed by atoms with Crippen molar-refractivity contribution in [2.45, 2.75) is 25.4 Å². The van der Waals surface area contributed by atoms with Crippen LogP contribution in [0.15, 0.2) is 42.5 Å².